The second-order valence-corrected chi connectivity index (χ2v) is 7.39. The topological polar surface area (TPSA) is 72.0 Å². The Balaban J connectivity index is 1.58. The van der Waals surface area contributed by atoms with Gasteiger partial charge >= 0.3 is 5.97 Å². The lowest BCUT2D eigenvalue weighted by atomic mass is 10.2. The number of esters is 1. The van der Waals surface area contributed by atoms with Gasteiger partial charge in [-0.25, -0.2) is 9.78 Å². The molecule has 0 radical (unpaired) electrons. The fourth-order valence-electron chi connectivity index (χ4n) is 3.31. The quantitative estimate of drug-likeness (QED) is 0.652. The number of anilines is 1. The number of ether oxygens (including phenoxy) is 2. The number of para-hydroxylation sites is 1. The van der Waals surface area contributed by atoms with E-state index in [2.05, 4.69) is 9.88 Å². The number of halogens is 1. The summed E-state index contributed by atoms with van der Waals surface area (Å²) in [4.78, 5) is 33.0. The number of nitrogens with zero attached hydrogens (tertiary/aromatic N) is 3. The molecule has 0 spiro atoms. The lowest BCUT2D eigenvalue weighted by Gasteiger charge is -2.25. The zero-order valence-corrected chi connectivity index (χ0v) is 18.0. The van der Waals surface area contributed by atoms with E-state index in [9.17, 15) is 9.59 Å². The number of pyridine rings is 1. The third-order valence-corrected chi connectivity index (χ3v) is 5.19. The second-order valence-electron chi connectivity index (χ2n) is 6.98. The van der Waals surface area contributed by atoms with Crippen molar-refractivity contribution in [1.82, 2.24) is 9.88 Å². The van der Waals surface area contributed by atoms with Crippen LogP contribution in [0.5, 0.6) is 5.75 Å². The van der Waals surface area contributed by atoms with Crippen LogP contribution in [0.25, 0.3) is 0 Å². The first-order valence-corrected chi connectivity index (χ1v) is 10.5. The summed E-state index contributed by atoms with van der Waals surface area (Å²) in [6.07, 6.45) is 1.71. The molecule has 0 bridgehead atoms. The van der Waals surface area contributed by atoms with Crippen LogP contribution in [0.2, 0.25) is 5.02 Å². The van der Waals surface area contributed by atoms with Crippen molar-refractivity contribution < 1.29 is 19.1 Å². The molecule has 1 unspecified atom stereocenters. The minimum Gasteiger partial charge on any atom is -0.479 e. The highest BCUT2D eigenvalue weighted by Crippen LogP contribution is 2.25. The highest BCUT2D eigenvalue weighted by molar-refractivity contribution is 6.32. The lowest BCUT2D eigenvalue weighted by molar-refractivity contribution is -0.137. The molecule has 1 saturated heterocycles. The summed E-state index contributed by atoms with van der Waals surface area (Å²) in [6.45, 7) is 6.47. The fraction of sp³-hybridized carbons (Fsp3) is 0.409. The van der Waals surface area contributed by atoms with Gasteiger partial charge in [0, 0.05) is 32.4 Å². The smallest absolute Gasteiger partial charge is 0.339 e. The molecule has 3 rings (SSSR count). The molecule has 2 heterocycles. The zero-order valence-electron chi connectivity index (χ0n) is 17.2. The summed E-state index contributed by atoms with van der Waals surface area (Å²) >= 11 is 6.13. The molecule has 0 saturated carbocycles. The Bertz CT molecular complexity index is 875. The number of aromatic nitrogens is 1. The van der Waals surface area contributed by atoms with Crippen LogP contribution in [-0.4, -0.2) is 60.7 Å². The average Bonchev–Trinajstić information content (AvgIpc) is 3.01. The number of amides is 1. The van der Waals surface area contributed by atoms with Crippen molar-refractivity contribution in [1.29, 1.82) is 0 Å². The Hall–Kier alpha value is -2.80. The maximum atomic E-state index is 12.9. The molecule has 1 aromatic heterocycles. The number of carbonyl (C=O) groups is 2. The molecular formula is C22H26ClN3O4. The van der Waals surface area contributed by atoms with Crippen LogP contribution >= 0.6 is 11.6 Å². The molecule has 1 atom stereocenters. The SMILES string of the molecule is CCOC(=O)c1ccc(N2CCCN(C(=O)C(C)Oc3ccccc3Cl)CC2)nc1. The number of hydrogen-bond acceptors (Lipinski definition) is 6. The summed E-state index contributed by atoms with van der Waals surface area (Å²) in [5.74, 6) is 0.833. The second kappa shape index (κ2) is 10.3. The number of carbonyl (C=O) groups excluding carboxylic acids is 2. The summed E-state index contributed by atoms with van der Waals surface area (Å²) in [5, 5.41) is 0.483. The van der Waals surface area contributed by atoms with E-state index in [1.165, 1.54) is 6.20 Å². The van der Waals surface area contributed by atoms with Crippen molar-refractivity contribution >= 4 is 29.3 Å². The van der Waals surface area contributed by atoms with Crippen molar-refractivity contribution in [2.45, 2.75) is 26.4 Å². The zero-order chi connectivity index (χ0) is 21.5. The van der Waals surface area contributed by atoms with Crippen LogP contribution in [0.15, 0.2) is 42.6 Å². The Kier molecular flexibility index (Phi) is 7.52. The van der Waals surface area contributed by atoms with E-state index in [1.807, 2.05) is 23.1 Å². The van der Waals surface area contributed by atoms with Gasteiger partial charge in [-0.15, -0.1) is 0 Å². The molecule has 1 amide bonds. The molecule has 1 aliphatic heterocycles. The summed E-state index contributed by atoms with van der Waals surface area (Å²) in [7, 11) is 0. The molecule has 1 aliphatic rings. The summed E-state index contributed by atoms with van der Waals surface area (Å²) < 4.78 is 10.8. The van der Waals surface area contributed by atoms with Crippen molar-refractivity contribution in [3.8, 4) is 5.75 Å². The highest BCUT2D eigenvalue weighted by atomic mass is 35.5. The molecule has 0 aliphatic carbocycles. The van der Waals surface area contributed by atoms with Crippen molar-refractivity contribution in [3.05, 3.63) is 53.2 Å². The Morgan fingerprint density at radius 2 is 1.93 bits per heavy atom. The first-order valence-electron chi connectivity index (χ1n) is 10.1. The van der Waals surface area contributed by atoms with E-state index in [1.54, 1.807) is 32.0 Å². The van der Waals surface area contributed by atoms with Gasteiger partial charge in [-0.1, -0.05) is 23.7 Å². The van der Waals surface area contributed by atoms with Crippen LogP contribution in [-0.2, 0) is 9.53 Å². The molecule has 0 N–H and O–H groups in total. The van der Waals surface area contributed by atoms with Gasteiger partial charge < -0.3 is 19.3 Å². The Morgan fingerprint density at radius 1 is 1.13 bits per heavy atom. The van der Waals surface area contributed by atoms with Crippen molar-refractivity contribution in [2.24, 2.45) is 0 Å². The molecule has 7 nitrogen and oxygen atoms in total. The predicted octanol–water partition coefficient (Wildman–Crippen LogP) is 3.42. The average molecular weight is 432 g/mol. The van der Waals surface area contributed by atoms with Gasteiger partial charge in [-0.05, 0) is 44.5 Å². The van der Waals surface area contributed by atoms with Gasteiger partial charge in [0.05, 0.1) is 17.2 Å². The van der Waals surface area contributed by atoms with Gasteiger partial charge in [0.15, 0.2) is 6.10 Å². The standard InChI is InChI=1S/C22H26ClN3O4/c1-3-29-22(28)17-9-10-20(24-15-17)25-11-6-12-26(14-13-25)21(27)16(2)30-19-8-5-4-7-18(19)23/h4-5,7-10,15-16H,3,6,11-14H2,1-2H3. The van der Waals surface area contributed by atoms with Crippen molar-refractivity contribution in [3.63, 3.8) is 0 Å². The van der Waals surface area contributed by atoms with E-state index >= 15 is 0 Å². The van der Waals surface area contributed by atoms with E-state index in [-0.39, 0.29) is 11.9 Å². The van der Waals surface area contributed by atoms with E-state index < -0.39 is 6.10 Å². The maximum absolute atomic E-state index is 12.9. The van der Waals surface area contributed by atoms with Crippen LogP contribution in [0, 0.1) is 0 Å². The van der Waals surface area contributed by atoms with Crippen LogP contribution in [0.3, 0.4) is 0 Å². The monoisotopic (exact) mass is 431 g/mol. The molecule has 30 heavy (non-hydrogen) atoms. The molecule has 160 valence electrons. The molecular weight excluding hydrogens is 406 g/mol. The van der Waals surface area contributed by atoms with Gasteiger partial charge in [0.1, 0.15) is 11.6 Å². The highest BCUT2D eigenvalue weighted by Gasteiger charge is 2.25. The van der Waals surface area contributed by atoms with Gasteiger partial charge in [0.25, 0.3) is 5.91 Å². The van der Waals surface area contributed by atoms with Crippen LogP contribution in [0.1, 0.15) is 30.6 Å². The van der Waals surface area contributed by atoms with Crippen molar-refractivity contribution in [2.75, 3.05) is 37.7 Å². The number of benzene rings is 1. The minimum atomic E-state index is -0.626. The molecule has 1 fully saturated rings. The third kappa shape index (κ3) is 5.42. The Morgan fingerprint density at radius 3 is 2.63 bits per heavy atom. The number of hydrogen-bond donors (Lipinski definition) is 0. The first kappa shape index (κ1) is 21.9. The molecule has 1 aromatic carbocycles. The number of rotatable bonds is 6. The van der Waals surface area contributed by atoms with Crippen LogP contribution < -0.4 is 9.64 Å². The van der Waals surface area contributed by atoms with Gasteiger partial charge in [0.2, 0.25) is 0 Å². The maximum Gasteiger partial charge on any atom is 0.339 e. The van der Waals surface area contributed by atoms with E-state index in [0.29, 0.717) is 42.6 Å². The predicted molar refractivity (Wildman–Crippen MR) is 115 cm³/mol. The summed E-state index contributed by atoms with van der Waals surface area (Å²) in [6, 6.07) is 10.7. The van der Waals surface area contributed by atoms with Crippen LogP contribution in [0.4, 0.5) is 5.82 Å². The lowest BCUT2D eigenvalue weighted by Crippen LogP contribution is -2.42. The molecule has 2 aromatic rings. The fourth-order valence-corrected chi connectivity index (χ4v) is 3.49. The van der Waals surface area contributed by atoms with Gasteiger partial charge in [-0.3, -0.25) is 4.79 Å². The van der Waals surface area contributed by atoms with Gasteiger partial charge in [-0.2, -0.15) is 0 Å². The summed E-state index contributed by atoms with van der Waals surface area (Å²) in [5.41, 5.74) is 0.428. The molecule has 8 heteroatoms. The van der Waals surface area contributed by atoms with E-state index in [0.717, 1.165) is 18.8 Å². The van der Waals surface area contributed by atoms with E-state index in [4.69, 9.17) is 21.1 Å². The largest absolute Gasteiger partial charge is 0.479 e. The first-order chi connectivity index (χ1) is 14.5. The third-order valence-electron chi connectivity index (χ3n) is 4.88. The normalized spacial score (nSPS) is 15.3. The Labute approximate surface area is 181 Å². The minimum absolute atomic E-state index is 0.0672.